The Labute approximate surface area is 120 Å². The van der Waals surface area contributed by atoms with Crippen LogP contribution in [0.2, 0.25) is 0 Å². The summed E-state index contributed by atoms with van der Waals surface area (Å²) in [5.74, 6) is -2.00. The van der Waals surface area contributed by atoms with Gasteiger partial charge in [-0.2, -0.15) is 11.8 Å². The molecule has 0 aliphatic heterocycles. The lowest BCUT2D eigenvalue weighted by Crippen LogP contribution is -2.30. The van der Waals surface area contributed by atoms with Crippen molar-refractivity contribution in [2.75, 3.05) is 18.1 Å². The summed E-state index contributed by atoms with van der Waals surface area (Å²) in [6.07, 6.45) is 2.80. The van der Waals surface area contributed by atoms with Gasteiger partial charge in [0, 0.05) is 11.8 Å². The Hall–Kier alpha value is -1.76. The van der Waals surface area contributed by atoms with E-state index < -0.39 is 17.8 Å². The van der Waals surface area contributed by atoms with Crippen LogP contribution in [0.25, 0.3) is 0 Å². The third-order valence-corrected chi connectivity index (χ3v) is 3.74. The standard InChI is InChI=1S/C13H17FN2O3S/c1-8(20-2)5-6-15-13(19)16-11-4-3-9(12(17)18)7-10(11)14/h3-4,7-8H,5-6H2,1-2H3,(H,17,18)(H2,15,16,19). The third-order valence-electron chi connectivity index (χ3n) is 2.70. The Morgan fingerprint density at radius 1 is 1.45 bits per heavy atom. The van der Waals surface area contributed by atoms with Crippen molar-refractivity contribution in [2.45, 2.75) is 18.6 Å². The van der Waals surface area contributed by atoms with E-state index in [1.54, 1.807) is 11.8 Å². The average molecular weight is 300 g/mol. The minimum Gasteiger partial charge on any atom is -0.478 e. The van der Waals surface area contributed by atoms with Gasteiger partial charge in [-0.1, -0.05) is 6.92 Å². The smallest absolute Gasteiger partial charge is 0.335 e. The molecule has 1 unspecified atom stereocenters. The highest BCUT2D eigenvalue weighted by Gasteiger charge is 2.10. The van der Waals surface area contributed by atoms with Crippen LogP contribution in [0.4, 0.5) is 14.9 Å². The van der Waals surface area contributed by atoms with Gasteiger partial charge in [0.05, 0.1) is 11.3 Å². The number of carboxylic acids is 1. The van der Waals surface area contributed by atoms with Crippen molar-refractivity contribution >= 4 is 29.4 Å². The van der Waals surface area contributed by atoms with Crippen LogP contribution in [-0.2, 0) is 0 Å². The summed E-state index contributed by atoms with van der Waals surface area (Å²) in [6.45, 7) is 2.54. The van der Waals surface area contributed by atoms with E-state index in [2.05, 4.69) is 17.6 Å². The van der Waals surface area contributed by atoms with Crippen molar-refractivity contribution in [3.05, 3.63) is 29.6 Å². The van der Waals surface area contributed by atoms with E-state index in [9.17, 15) is 14.0 Å². The van der Waals surface area contributed by atoms with Gasteiger partial charge in [0.2, 0.25) is 0 Å². The molecule has 0 spiro atoms. The lowest BCUT2D eigenvalue weighted by Gasteiger charge is -2.11. The number of aromatic carboxylic acids is 1. The molecule has 1 aromatic rings. The molecule has 3 N–H and O–H groups in total. The van der Waals surface area contributed by atoms with Crippen molar-refractivity contribution in [1.82, 2.24) is 5.32 Å². The number of benzene rings is 1. The maximum absolute atomic E-state index is 13.6. The van der Waals surface area contributed by atoms with Gasteiger partial charge in [-0.05, 0) is 30.9 Å². The Morgan fingerprint density at radius 2 is 2.15 bits per heavy atom. The number of hydrogen-bond donors (Lipinski definition) is 3. The van der Waals surface area contributed by atoms with Crippen molar-refractivity contribution in [3.8, 4) is 0 Å². The van der Waals surface area contributed by atoms with Crippen LogP contribution in [0.5, 0.6) is 0 Å². The molecule has 0 fully saturated rings. The summed E-state index contributed by atoms with van der Waals surface area (Å²) < 4.78 is 13.6. The number of carbonyl (C=O) groups excluding carboxylic acids is 1. The minimum atomic E-state index is -1.22. The fraction of sp³-hybridized carbons (Fsp3) is 0.385. The number of rotatable bonds is 6. The van der Waals surface area contributed by atoms with Gasteiger partial charge in [0.15, 0.2) is 0 Å². The molecule has 0 saturated heterocycles. The number of thioether (sulfide) groups is 1. The van der Waals surface area contributed by atoms with Crippen molar-refractivity contribution in [2.24, 2.45) is 0 Å². The van der Waals surface area contributed by atoms with Gasteiger partial charge in [-0.3, -0.25) is 0 Å². The number of nitrogens with one attached hydrogen (secondary N) is 2. The fourth-order valence-corrected chi connectivity index (χ4v) is 1.78. The second-order valence-corrected chi connectivity index (χ2v) is 5.49. The predicted octanol–water partition coefficient (Wildman–Crippen LogP) is 2.79. The third kappa shape index (κ3) is 5.08. The molecule has 0 saturated carbocycles. The molecule has 0 heterocycles. The summed E-state index contributed by atoms with van der Waals surface area (Å²) in [4.78, 5) is 22.2. The molecule has 1 atom stereocenters. The lowest BCUT2D eigenvalue weighted by molar-refractivity contribution is 0.0696. The molecule has 2 amide bonds. The van der Waals surface area contributed by atoms with Crippen LogP contribution in [0.3, 0.4) is 0 Å². The topological polar surface area (TPSA) is 78.4 Å². The number of carboxylic acid groups (broad SMARTS) is 1. The van der Waals surface area contributed by atoms with E-state index >= 15 is 0 Å². The minimum absolute atomic E-state index is 0.0505. The van der Waals surface area contributed by atoms with Gasteiger partial charge >= 0.3 is 12.0 Å². The molecule has 0 radical (unpaired) electrons. The van der Waals surface area contributed by atoms with E-state index in [4.69, 9.17) is 5.11 Å². The van der Waals surface area contributed by atoms with Crippen LogP contribution in [0.15, 0.2) is 18.2 Å². The molecule has 7 heteroatoms. The van der Waals surface area contributed by atoms with E-state index in [1.165, 1.54) is 12.1 Å². The predicted molar refractivity (Wildman–Crippen MR) is 78.0 cm³/mol. The Morgan fingerprint density at radius 3 is 2.70 bits per heavy atom. The summed E-state index contributed by atoms with van der Waals surface area (Å²) in [5, 5.41) is 14.1. The normalized spacial score (nSPS) is 11.8. The van der Waals surface area contributed by atoms with Gasteiger partial charge in [0.1, 0.15) is 5.82 Å². The van der Waals surface area contributed by atoms with E-state index in [1.807, 2.05) is 6.26 Å². The summed E-state index contributed by atoms with van der Waals surface area (Å²) >= 11 is 1.70. The number of amides is 2. The highest BCUT2D eigenvalue weighted by molar-refractivity contribution is 7.99. The molecule has 0 aliphatic carbocycles. The van der Waals surface area contributed by atoms with Gasteiger partial charge in [0.25, 0.3) is 0 Å². The average Bonchev–Trinajstić information content (AvgIpc) is 2.40. The monoisotopic (exact) mass is 300 g/mol. The van der Waals surface area contributed by atoms with E-state index in [-0.39, 0.29) is 11.3 Å². The van der Waals surface area contributed by atoms with Crippen LogP contribution in [0.1, 0.15) is 23.7 Å². The van der Waals surface area contributed by atoms with Gasteiger partial charge in [-0.15, -0.1) is 0 Å². The zero-order valence-corrected chi connectivity index (χ0v) is 12.1. The fourth-order valence-electron chi connectivity index (χ4n) is 1.42. The Balaban J connectivity index is 2.52. The first-order valence-electron chi connectivity index (χ1n) is 6.04. The highest BCUT2D eigenvalue weighted by Crippen LogP contribution is 2.15. The van der Waals surface area contributed by atoms with Crippen LogP contribution in [0, 0.1) is 5.82 Å². The highest BCUT2D eigenvalue weighted by atomic mass is 32.2. The summed E-state index contributed by atoms with van der Waals surface area (Å²) in [7, 11) is 0. The number of carbonyl (C=O) groups is 2. The zero-order valence-electron chi connectivity index (χ0n) is 11.3. The molecular weight excluding hydrogens is 283 g/mol. The van der Waals surface area contributed by atoms with E-state index in [0.29, 0.717) is 11.8 Å². The quantitative estimate of drug-likeness (QED) is 0.755. The zero-order chi connectivity index (χ0) is 15.1. The molecule has 110 valence electrons. The van der Waals surface area contributed by atoms with Gasteiger partial charge < -0.3 is 15.7 Å². The van der Waals surface area contributed by atoms with Crippen LogP contribution < -0.4 is 10.6 Å². The van der Waals surface area contributed by atoms with Crippen molar-refractivity contribution in [1.29, 1.82) is 0 Å². The number of halogens is 1. The van der Waals surface area contributed by atoms with Crippen molar-refractivity contribution < 1.29 is 19.1 Å². The molecule has 0 bridgehead atoms. The summed E-state index contributed by atoms with van der Waals surface area (Å²) in [6, 6.07) is 2.81. The number of anilines is 1. The van der Waals surface area contributed by atoms with Crippen molar-refractivity contribution in [3.63, 3.8) is 0 Å². The SMILES string of the molecule is CSC(C)CCNC(=O)Nc1ccc(C(=O)O)cc1F. The molecule has 5 nitrogen and oxygen atoms in total. The van der Waals surface area contributed by atoms with E-state index in [0.717, 1.165) is 12.5 Å². The Kier molecular flexibility index (Phi) is 6.30. The molecule has 1 rings (SSSR count). The first-order valence-corrected chi connectivity index (χ1v) is 7.33. The lowest BCUT2D eigenvalue weighted by atomic mass is 10.2. The van der Waals surface area contributed by atoms with Gasteiger partial charge in [-0.25, -0.2) is 14.0 Å². The molecule has 20 heavy (non-hydrogen) atoms. The maximum Gasteiger partial charge on any atom is 0.335 e. The maximum atomic E-state index is 13.6. The first-order chi connectivity index (χ1) is 9.43. The number of urea groups is 1. The van der Waals surface area contributed by atoms with Crippen LogP contribution in [-0.4, -0.2) is 35.2 Å². The second kappa shape index (κ2) is 7.74. The molecule has 0 aromatic heterocycles. The summed E-state index contributed by atoms with van der Waals surface area (Å²) in [5.41, 5.74) is -0.215. The molecule has 0 aliphatic rings. The molecule has 1 aromatic carbocycles. The number of hydrogen-bond acceptors (Lipinski definition) is 3. The first kappa shape index (κ1) is 16.3. The second-order valence-electron chi connectivity index (χ2n) is 4.22. The van der Waals surface area contributed by atoms with Crippen LogP contribution >= 0.6 is 11.8 Å². The Bertz CT molecular complexity index is 497. The molecular formula is C13H17FN2O3S. The largest absolute Gasteiger partial charge is 0.478 e.